The van der Waals surface area contributed by atoms with Gasteiger partial charge in [0.15, 0.2) is 0 Å². The molecule has 0 aliphatic carbocycles. The highest BCUT2D eigenvalue weighted by atomic mass is 29.8. The van der Waals surface area contributed by atoms with Crippen LogP contribution in [-0.4, -0.2) is 40.2 Å². The average molecular weight is 303 g/mol. The Morgan fingerprint density at radius 3 is 2.11 bits per heavy atom. The molecule has 0 aromatic heterocycles. The van der Waals surface area contributed by atoms with E-state index in [1.165, 1.54) is 0 Å². The third kappa shape index (κ3) is 2.81. The zero-order valence-electron chi connectivity index (χ0n) is 10.5. The minimum atomic E-state index is -0.699. The van der Waals surface area contributed by atoms with E-state index < -0.39 is 16.1 Å². The van der Waals surface area contributed by atoms with Crippen LogP contribution in [0.4, 0.5) is 0 Å². The second-order valence-corrected chi connectivity index (χ2v) is 29.6. The van der Waals surface area contributed by atoms with Crippen molar-refractivity contribution >= 4 is 44.4 Å². The maximum atomic E-state index is 6.10. The zero-order valence-corrected chi connectivity index (χ0v) is 15.6. The molecule has 0 radical (unpaired) electrons. The van der Waals surface area contributed by atoms with Crippen molar-refractivity contribution in [3.63, 3.8) is 0 Å². The van der Waals surface area contributed by atoms with E-state index in [1.807, 2.05) is 0 Å². The van der Waals surface area contributed by atoms with Gasteiger partial charge in [0, 0.05) is 14.8 Å². The van der Waals surface area contributed by atoms with Crippen molar-refractivity contribution in [3.05, 3.63) is 60.7 Å². The summed E-state index contributed by atoms with van der Waals surface area (Å²) in [5.41, 5.74) is 0. The Bertz CT molecular complexity index is 445. The molecule has 2 unspecified atom stereocenters. The van der Waals surface area contributed by atoms with Gasteiger partial charge in [-0.15, -0.1) is 0 Å². The molecule has 0 saturated carbocycles. The molecule has 1 aliphatic heterocycles. The third-order valence-corrected chi connectivity index (χ3v) is 41.2. The minimum absolute atomic E-state index is 0.154. The van der Waals surface area contributed by atoms with Crippen molar-refractivity contribution < 1.29 is 4.43 Å². The zero-order chi connectivity index (χ0) is 12.2. The van der Waals surface area contributed by atoms with Gasteiger partial charge in [-0.25, -0.2) is 0 Å². The van der Waals surface area contributed by atoms with E-state index in [0.29, 0.717) is 0 Å². The minimum Gasteiger partial charge on any atom is -0.431 e. The molecule has 1 heterocycles. The summed E-state index contributed by atoms with van der Waals surface area (Å²) in [6.45, 7) is 0. The lowest BCUT2D eigenvalue weighted by atomic mass is 10.4. The summed E-state index contributed by atoms with van der Waals surface area (Å²) >= 11 is 0. The smallest absolute Gasteiger partial charge is 0.148 e. The molecular formula is C13H18OSi4. The van der Waals surface area contributed by atoms with Crippen molar-refractivity contribution in [3.8, 4) is 0 Å². The van der Waals surface area contributed by atoms with E-state index in [4.69, 9.17) is 4.43 Å². The van der Waals surface area contributed by atoms with Gasteiger partial charge in [-0.1, -0.05) is 71.0 Å². The van der Waals surface area contributed by atoms with Crippen LogP contribution in [0.15, 0.2) is 60.7 Å². The molecule has 1 nitrogen and oxygen atoms in total. The van der Waals surface area contributed by atoms with Gasteiger partial charge in [0.25, 0.3) is 0 Å². The molecule has 2 aromatic rings. The fourth-order valence-corrected chi connectivity index (χ4v) is 48.8. The Labute approximate surface area is 116 Å². The number of benzene rings is 2. The lowest BCUT2D eigenvalue weighted by molar-refractivity contribution is 0.419. The van der Waals surface area contributed by atoms with Crippen LogP contribution in [0, 0.1) is 0 Å². The van der Waals surface area contributed by atoms with E-state index in [9.17, 15) is 0 Å². The van der Waals surface area contributed by atoms with Gasteiger partial charge in [0.1, 0.15) is 9.28 Å². The summed E-state index contributed by atoms with van der Waals surface area (Å²) in [5.74, 6) is 0. The van der Waals surface area contributed by atoms with E-state index in [-0.39, 0.29) is 17.8 Å². The maximum absolute atomic E-state index is 6.10. The average Bonchev–Trinajstić information content (AvgIpc) is 2.49. The molecule has 2 atom stereocenters. The molecule has 1 aliphatic rings. The highest BCUT2D eigenvalue weighted by Gasteiger charge is 2.28. The monoisotopic (exact) mass is 302 g/mol. The van der Waals surface area contributed by atoms with Crippen LogP contribution in [0.1, 0.15) is 0 Å². The second kappa shape index (κ2) is 5.94. The van der Waals surface area contributed by atoms with Gasteiger partial charge < -0.3 is 4.43 Å². The lowest BCUT2D eigenvalue weighted by Gasteiger charge is -2.27. The third-order valence-electron chi connectivity index (χ3n) is 3.75. The second-order valence-electron chi connectivity index (χ2n) is 4.99. The Balaban J connectivity index is 1.77. The summed E-state index contributed by atoms with van der Waals surface area (Å²) in [6.07, 6.45) is 1.15. The summed E-state index contributed by atoms with van der Waals surface area (Å²) in [7, 11) is -1.32. The standard InChI is InChI=1S/C13H18OSi4/c1-3-7-12(8-4-1)17-11-14-15-18(16-17)13-9-5-2-6-10-13/h1-10,17-18H,11,15-16H2. The van der Waals surface area contributed by atoms with Gasteiger partial charge in [-0.3, -0.25) is 0 Å². The first-order chi connectivity index (χ1) is 8.93. The van der Waals surface area contributed by atoms with Gasteiger partial charge in [-0.2, -0.15) is 0 Å². The molecule has 0 spiro atoms. The van der Waals surface area contributed by atoms with Crippen molar-refractivity contribution in [2.24, 2.45) is 0 Å². The topological polar surface area (TPSA) is 9.23 Å². The van der Waals surface area contributed by atoms with Crippen molar-refractivity contribution in [2.45, 2.75) is 0 Å². The molecule has 1 fully saturated rings. The van der Waals surface area contributed by atoms with Gasteiger partial charge in [0.05, 0.1) is 16.1 Å². The van der Waals surface area contributed by atoms with Crippen LogP contribution in [0.3, 0.4) is 0 Å². The Kier molecular flexibility index (Phi) is 4.06. The van der Waals surface area contributed by atoms with Crippen LogP contribution in [-0.2, 0) is 4.43 Å². The fraction of sp³-hybridized carbons (Fsp3) is 0.0769. The van der Waals surface area contributed by atoms with E-state index in [1.54, 1.807) is 10.4 Å². The van der Waals surface area contributed by atoms with Crippen molar-refractivity contribution in [1.29, 1.82) is 0 Å². The lowest BCUT2D eigenvalue weighted by Crippen LogP contribution is -2.60. The molecule has 3 rings (SSSR count). The molecule has 5 heteroatoms. The Hall–Kier alpha value is -0.732. The number of hydrogen-bond acceptors (Lipinski definition) is 1. The van der Waals surface area contributed by atoms with Crippen molar-refractivity contribution in [1.82, 2.24) is 0 Å². The van der Waals surface area contributed by atoms with Crippen LogP contribution >= 0.6 is 0 Å². The van der Waals surface area contributed by atoms with Crippen LogP contribution in [0.5, 0.6) is 0 Å². The highest BCUT2D eigenvalue weighted by molar-refractivity contribution is 7.60. The molecule has 2 aromatic carbocycles. The molecule has 0 bridgehead atoms. The van der Waals surface area contributed by atoms with Gasteiger partial charge >= 0.3 is 0 Å². The largest absolute Gasteiger partial charge is 0.431 e. The summed E-state index contributed by atoms with van der Waals surface area (Å²) in [5, 5.41) is 3.36. The van der Waals surface area contributed by atoms with Gasteiger partial charge in [-0.05, 0) is 0 Å². The first-order valence-electron chi connectivity index (χ1n) is 6.61. The first-order valence-corrected chi connectivity index (χ1v) is 19.0. The predicted molar refractivity (Wildman–Crippen MR) is 89.5 cm³/mol. The van der Waals surface area contributed by atoms with Crippen LogP contribution in [0.25, 0.3) is 0 Å². The van der Waals surface area contributed by atoms with E-state index in [0.717, 1.165) is 6.23 Å². The quantitative estimate of drug-likeness (QED) is 0.618. The Morgan fingerprint density at radius 2 is 1.44 bits per heavy atom. The molecule has 92 valence electrons. The molecule has 0 N–H and O–H groups in total. The fourth-order valence-electron chi connectivity index (χ4n) is 2.75. The summed E-state index contributed by atoms with van der Waals surface area (Å²) in [4.78, 5) is 0. The van der Waals surface area contributed by atoms with Gasteiger partial charge in [0.2, 0.25) is 0 Å². The molecular weight excluding hydrogens is 284 g/mol. The van der Waals surface area contributed by atoms with Crippen LogP contribution < -0.4 is 10.4 Å². The van der Waals surface area contributed by atoms with E-state index in [2.05, 4.69) is 60.7 Å². The number of hydrogen-bond donors (Lipinski definition) is 0. The maximum Gasteiger partial charge on any atom is 0.148 e. The number of rotatable bonds is 2. The normalized spacial score (nSPS) is 26.4. The molecule has 1 saturated heterocycles. The molecule has 0 amide bonds. The highest BCUT2D eigenvalue weighted by Crippen LogP contribution is 1.98. The predicted octanol–water partition coefficient (Wildman–Crippen LogP) is -1.43. The molecule has 18 heavy (non-hydrogen) atoms. The SMILES string of the molecule is c1ccc([SiH]2CO[SiH2][SiH](c3ccccc3)[SiH2]2)cc1. The first kappa shape index (κ1) is 12.3. The van der Waals surface area contributed by atoms with Crippen LogP contribution in [0.2, 0.25) is 0 Å². The van der Waals surface area contributed by atoms with E-state index >= 15 is 0 Å². The Morgan fingerprint density at radius 1 is 0.833 bits per heavy atom. The summed E-state index contributed by atoms with van der Waals surface area (Å²) < 4.78 is 6.10. The van der Waals surface area contributed by atoms with Crippen molar-refractivity contribution in [2.75, 3.05) is 6.23 Å². The summed E-state index contributed by atoms with van der Waals surface area (Å²) in [6, 6.07) is 22.5.